The molecule has 0 saturated carbocycles. The molecular formula is C27H30N6O2. The highest BCUT2D eigenvalue weighted by atomic mass is 16.2. The number of nitriles is 1. The Bertz CT molecular complexity index is 1180. The Morgan fingerprint density at radius 2 is 1.80 bits per heavy atom. The van der Waals surface area contributed by atoms with Gasteiger partial charge in [0.25, 0.3) is 0 Å². The minimum atomic E-state index is -0.506. The van der Waals surface area contributed by atoms with Crippen molar-refractivity contribution in [1.29, 1.82) is 5.26 Å². The van der Waals surface area contributed by atoms with E-state index in [2.05, 4.69) is 33.4 Å². The zero-order valence-corrected chi connectivity index (χ0v) is 19.9. The maximum atomic E-state index is 13.1. The molecule has 2 amide bonds. The molecule has 1 fully saturated rings. The predicted molar refractivity (Wildman–Crippen MR) is 132 cm³/mol. The van der Waals surface area contributed by atoms with Crippen LogP contribution in [0.25, 0.3) is 0 Å². The average molecular weight is 471 g/mol. The number of hydrogen-bond acceptors (Lipinski definition) is 5. The standard InChI is InChI=1S/C27H30N6O2/c1-21(34)33-14-13-31(17-23-5-3-2-4-6-23)19-26(33)27(35)30-12-11-25-16-29-20-32(25)18-24-9-7-22(15-28)8-10-24/h2-10,16,20,26H,11-14,17-19H2,1H3,(H,30,35)/t26-/m1/s1. The van der Waals surface area contributed by atoms with Crippen LogP contribution in [0.4, 0.5) is 0 Å². The van der Waals surface area contributed by atoms with Crippen LogP contribution in [0.5, 0.6) is 0 Å². The second-order valence-corrected chi connectivity index (χ2v) is 8.81. The first-order valence-corrected chi connectivity index (χ1v) is 11.8. The molecule has 8 nitrogen and oxygen atoms in total. The van der Waals surface area contributed by atoms with Crippen molar-refractivity contribution in [3.63, 3.8) is 0 Å². The highest BCUT2D eigenvalue weighted by Gasteiger charge is 2.33. The highest BCUT2D eigenvalue weighted by molar-refractivity contribution is 5.87. The van der Waals surface area contributed by atoms with Gasteiger partial charge in [-0.25, -0.2) is 4.98 Å². The van der Waals surface area contributed by atoms with Gasteiger partial charge in [-0.1, -0.05) is 42.5 Å². The van der Waals surface area contributed by atoms with Gasteiger partial charge in [0, 0.05) is 64.5 Å². The van der Waals surface area contributed by atoms with E-state index in [4.69, 9.17) is 5.26 Å². The fourth-order valence-corrected chi connectivity index (χ4v) is 4.44. The van der Waals surface area contributed by atoms with E-state index in [1.807, 2.05) is 34.9 Å². The van der Waals surface area contributed by atoms with Crippen molar-refractivity contribution in [2.45, 2.75) is 32.5 Å². The normalized spacial score (nSPS) is 16.0. The molecular weight excluding hydrogens is 440 g/mol. The Kier molecular flexibility index (Phi) is 7.91. The van der Waals surface area contributed by atoms with E-state index in [-0.39, 0.29) is 11.8 Å². The van der Waals surface area contributed by atoms with Gasteiger partial charge in [-0.15, -0.1) is 0 Å². The van der Waals surface area contributed by atoms with Gasteiger partial charge in [-0.05, 0) is 23.3 Å². The molecule has 1 atom stereocenters. The first-order chi connectivity index (χ1) is 17.0. The van der Waals surface area contributed by atoms with Gasteiger partial charge in [0.2, 0.25) is 11.8 Å². The summed E-state index contributed by atoms with van der Waals surface area (Å²) in [6.45, 7) is 5.17. The quantitative estimate of drug-likeness (QED) is 0.545. The van der Waals surface area contributed by atoms with E-state index >= 15 is 0 Å². The number of amides is 2. The summed E-state index contributed by atoms with van der Waals surface area (Å²) < 4.78 is 2.04. The number of piperazine rings is 1. The summed E-state index contributed by atoms with van der Waals surface area (Å²) in [6.07, 6.45) is 4.21. The summed E-state index contributed by atoms with van der Waals surface area (Å²) in [6, 6.07) is 19.3. The molecule has 0 bridgehead atoms. The van der Waals surface area contributed by atoms with Crippen molar-refractivity contribution >= 4 is 11.8 Å². The molecule has 180 valence electrons. The summed E-state index contributed by atoms with van der Waals surface area (Å²) in [5, 5.41) is 12.0. The van der Waals surface area contributed by atoms with Gasteiger partial charge >= 0.3 is 0 Å². The largest absolute Gasteiger partial charge is 0.354 e. The molecule has 4 rings (SSSR count). The first-order valence-electron chi connectivity index (χ1n) is 11.8. The monoisotopic (exact) mass is 470 g/mol. The van der Waals surface area contributed by atoms with Crippen molar-refractivity contribution in [2.24, 2.45) is 0 Å². The third kappa shape index (κ3) is 6.34. The zero-order valence-electron chi connectivity index (χ0n) is 19.9. The molecule has 0 spiro atoms. The van der Waals surface area contributed by atoms with Crippen LogP contribution < -0.4 is 5.32 Å². The van der Waals surface area contributed by atoms with Gasteiger partial charge in [0.05, 0.1) is 18.0 Å². The predicted octanol–water partition coefficient (Wildman–Crippen LogP) is 2.19. The number of hydrogen-bond donors (Lipinski definition) is 1. The number of benzene rings is 2. The number of carbonyl (C=O) groups is 2. The summed E-state index contributed by atoms with van der Waals surface area (Å²) in [4.78, 5) is 33.5. The number of nitrogens with zero attached hydrogens (tertiary/aromatic N) is 5. The lowest BCUT2D eigenvalue weighted by atomic mass is 10.1. The average Bonchev–Trinajstić information content (AvgIpc) is 3.31. The molecule has 2 heterocycles. The Hall–Kier alpha value is -3.96. The molecule has 8 heteroatoms. The molecule has 1 aromatic heterocycles. The molecule has 3 aromatic rings. The number of aromatic nitrogens is 2. The molecule has 1 aliphatic rings. The van der Waals surface area contributed by atoms with Crippen LogP contribution in [0.2, 0.25) is 0 Å². The number of rotatable bonds is 8. The molecule has 2 aromatic carbocycles. The molecule has 1 saturated heterocycles. The lowest BCUT2D eigenvalue weighted by Gasteiger charge is -2.40. The topological polar surface area (TPSA) is 94.3 Å². The smallest absolute Gasteiger partial charge is 0.244 e. The van der Waals surface area contributed by atoms with Crippen LogP contribution in [0.1, 0.15) is 29.3 Å². The van der Waals surface area contributed by atoms with Crippen molar-refractivity contribution in [3.8, 4) is 6.07 Å². The maximum Gasteiger partial charge on any atom is 0.244 e. The zero-order chi connectivity index (χ0) is 24.6. The van der Waals surface area contributed by atoms with E-state index in [0.29, 0.717) is 38.2 Å². The van der Waals surface area contributed by atoms with E-state index < -0.39 is 6.04 Å². The Labute approximate surface area is 205 Å². The Morgan fingerprint density at radius 3 is 2.51 bits per heavy atom. The Morgan fingerprint density at radius 1 is 1.06 bits per heavy atom. The van der Waals surface area contributed by atoms with Crippen molar-refractivity contribution in [2.75, 3.05) is 26.2 Å². The first kappa shape index (κ1) is 24.2. The molecule has 35 heavy (non-hydrogen) atoms. The molecule has 1 N–H and O–H groups in total. The van der Waals surface area contributed by atoms with Gasteiger partial charge in [0.1, 0.15) is 6.04 Å². The fourth-order valence-electron chi connectivity index (χ4n) is 4.44. The van der Waals surface area contributed by atoms with Gasteiger partial charge < -0.3 is 14.8 Å². The SMILES string of the molecule is CC(=O)N1CCN(Cc2ccccc2)C[C@@H]1C(=O)NCCc1cncn1Cc1ccc(C#N)cc1. The van der Waals surface area contributed by atoms with Crippen molar-refractivity contribution in [3.05, 3.63) is 89.5 Å². The molecule has 0 radical (unpaired) electrons. The summed E-state index contributed by atoms with van der Waals surface area (Å²) in [5.41, 5.74) is 3.91. The van der Waals surface area contributed by atoms with Crippen molar-refractivity contribution in [1.82, 2.24) is 24.7 Å². The fraction of sp³-hybridized carbons (Fsp3) is 0.333. The van der Waals surface area contributed by atoms with Gasteiger partial charge in [0.15, 0.2) is 0 Å². The van der Waals surface area contributed by atoms with E-state index in [0.717, 1.165) is 24.3 Å². The second kappa shape index (κ2) is 11.4. The summed E-state index contributed by atoms with van der Waals surface area (Å²) in [7, 11) is 0. The summed E-state index contributed by atoms with van der Waals surface area (Å²) >= 11 is 0. The number of carbonyl (C=O) groups excluding carboxylic acids is 2. The van der Waals surface area contributed by atoms with Gasteiger partial charge in [-0.2, -0.15) is 5.26 Å². The third-order valence-corrected chi connectivity index (χ3v) is 6.34. The third-order valence-electron chi connectivity index (χ3n) is 6.34. The minimum Gasteiger partial charge on any atom is -0.354 e. The molecule has 0 unspecified atom stereocenters. The molecule has 0 aliphatic carbocycles. The van der Waals surface area contributed by atoms with E-state index in [9.17, 15) is 9.59 Å². The molecule has 1 aliphatic heterocycles. The van der Waals surface area contributed by atoms with E-state index in [1.54, 1.807) is 29.6 Å². The van der Waals surface area contributed by atoms with Crippen LogP contribution in [0.3, 0.4) is 0 Å². The van der Waals surface area contributed by atoms with Crippen LogP contribution >= 0.6 is 0 Å². The van der Waals surface area contributed by atoms with Crippen LogP contribution in [-0.4, -0.2) is 63.4 Å². The number of nitrogens with one attached hydrogen (secondary N) is 1. The van der Waals surface area contributed by atoms with Crippen molar-refractivity contribution < 1.29 is 9.59 Å². The van der Waals surface area contributed by atoms with E-state index in [1.165, 1.54) is 12.5 Å². The minimum absolute atomic E-state index is 0.0787. The second-order valence-electron chi connectivity index (χ2n) is 8.81. The lowest BCUT2D eigenvalue weighted by molar-refractivity contribution is -0.142. The van der Waals surface area contributed by atoms with Crippen LogP contribution in [0.15, 0.2) is 67.1 Å². The summed E-state index contributed by atoms with van der Waals surface area (Å²) in [5.74, 6) is -0.207. The maximum absolute atomic E-state index is 13.1. The van der Waals surface area contributed by atoms with Crippen LogP contribution in [0, 0.1) is 11.3 Å². The number of imidazole rings is 1. The lowest BCUT2D eigenvalue weighted by Crippen LogP contribution is -2.60. The highest BCUT2D eigenvalue weighted by Crippen LogP contribution is 2.14. The van der Waals surface area contributed by atoms with Gasteiger partial charge in [-0.3, -0.25) is 14.5 Å². The van der Waals surface area contributed by atoms with Crippen LogP contribution in [-0.2, 0) is 29.1 Å². The Balaban J connectivity index is 1.33.